The summed E-state index contributed by atoms with van der Waals surface area (Å²) in [6.07, 6.45) is 2.69. The molecule has 1 aromatic rings. The van der Waals surface area contributed by atoms with Gasteiger partial charge in [-0.05, 0) is 18.6 Å². The Bertz CT molecular complexity index is 451. The normalized spacial score (nSPS) is 17.1. The van der Waals surface area contributed by atoms with Gasteiger partial charge in [-0.2, -0.15) is 4.99 Å². The quantitative estimate of drug-likeness (QED) is 0.785. The van der Waals surface area contributed by atoms with Gasteiger partial charge in [0.05, 0.1) is 0 Å². The van der Waals surface area contributed by atoms with Gasteiger partial charge in [0.25, 0.3) is 5.91 Å². The molecule has 16 heavy (non-hydrogen) atoms. The first-order valence-electron chi connectivity index (χ1n) is 5.05. The van der Waals surface area contributed by atoms with Crippen molar-refractivity contribution in [3.63, 3.8) is 0 Å². The maximum absolute atomic E-state index is 11.7. The van der Waals surface area contributed by atoms with E-state index in [1.54, 1.807) is 18.3 Å². The highest BCUT2D eigenvalue weighted by atomic mass is 32.2. The second-order valence-corrected chi connectivity index (χ2v) is 4.34. The number of amides is 1. The number of hydrogen-bond acceptors (Lipinski definition) is 2. The molecule has 0 N–H and O–H groups in total. The molecule has 0 saturated heterocycles. The number of nitrogens with zero attached hydrogens (tertiary/aromatic N) is 2. The predicted molar refractivity (Wildman–Crippen MR) is 66.3 cm³/mol. The van der Waals surface area contributed by atoms with Crippen LogP contribution >= 0.6 is 11.8 Å². The second-order valence-electron chi connectivity index (χ2n) is 3.25. The number of allylic oxidation sites excluding steroid dienone is 1. The molecule has 81 valence electrons. The van der Waals surface area contributed by atoms with Crippen molar-refractivity contribution >= 4 is 22.8 Å². The summed E-state index contributed by atoms with van der Waals surface area (Å²) in [4.78, 5) is 16.8. The van der Waals surface area contributed by atoms with E-state index in [9.17, 15) is 4.79 Å². The molecule has 2 rings (SSSR count). The van der Waals surface area contributed by atoms with Gasteiger partial charge in [-0.1, -0.05) is 36.9 Å². The molecular weight excluding hydrogens is 220 g/mol. The Morgan fingerprint density at radius 2 is 2.12 bits per heavy atom. The number of carbonyl (C=O) groups is 1. The number of amidine groups is 1. The second kappa shape index (κ2) is 4.99. The fourth-order valence-electron chi connectivity index (χ4n) is 1.24. The van der Waals surface area contributed by atoms with Crippen LogP contribution in [0, 0.1) is 0 Å². The minimum atomic E-state index is -0.238. The topological polar surface area (TPSA) is 43.5 Å². The van der Waals surface area contributed by atoms with Crippen LogP contribution in [0.4, 0.5) is 0 Å². The van der Waals surface area contributed by atoms with Crippen molar-refractivity contribution in [3.8, 4) is 0 Å². The van der Waals surface area contributed by atoms with E-state index in [-0.39, 0.29) is 5.91 Å². The minimum absolute atomic E-state index is 0.238. The number of rotatable bonds is 2. The van der Waals surface area contributed by atoms with Crippen molar-refractivity contribution in [2.75, 3.05) is 0 Å². The average Bonchev–Trinajstić information content (AvgIpc) is 2.78. The van der Waals surface area contributed by atoms with E-state index >= 15 is 0 Å². The molecule has 0 aromatic heterocycles. The van der Waals surface area contributed by atoms with Gasteiger partial charge in [-0.3, -0.25) is 4.79 Å². The molecular formula is C12H11N2OS. The molecule has 0 atom stereocenters. The highest BCUT2D eigenvalue weighted by Gasteiger charge is 2.14. The number of carbonyl (C=O) groups excluding carboxylic acids is 1. The Morgan fingerprint density at radius 3 is 2.75 bits per heavy atom. The van der Waals surface area contributed by atoms with E-state index in [1.807, 2.05) is 18.2 Å². The first-order valence-corrected chi connectivity index (χ1v) is 5.87. The Labute approximate surface area is 98.7 Å². The van der Waals surface area contributed by atoms with Crippen LogP contribution in [0.2, 0.25) is 0 Å². The fourth-order valence-corrected chi connectivity index (χ4v) is 1.96. The van der Waals surface area contributed by atoms with E-state index < -0.39 is 0 Å². The summed E-state index contributed by atoms with van der Waals surface area (Å²) in [5, 5.41) is 4.62. The summed E-state index contributed by atoms with van der Waals surface area (Å²) >= 11 is 1.46. The molecule has 4 heteroatoms. The molecule has 0 spiro atoms. The first-order chi connectivity index (χ1) is 7.79. The van der Waals surface area contributed by atoms with Crippen molar-refractivity contribution in [2.45, 2.75) is 13.3 Å². The van der Waals surface area contributed by atoms with Gasteiger partial charge >= 0.3 is 0 Å². The third-order valence-corrected chi connectivity index (χ3v) is 3.14. The monoisotopic (exact) mass is 231 g/mol. The Morgan fingerprint density at radius 1 is 1.38 bits per heavy atom. The molecule has 1 radical (unpaired) electrons. The van der Waals surface area contributed by atoms with Crippen molar-refractivity contribution in [1.29, 1.82) is 0 Å². The molecule has 0 saturated carbocycles. The van der Waals surface area contributed by atoms with Crippen LogP contribution in [0.25, 0.3) is 0 Å². The van der Waals surface area contributed by atoms with Gasteiger partial charge < -0.3 is 0 Å². The van der Waals surface area contributed by atoms with Crippen LogP contribution in [0.5, 0.6) is 0 Å². The molecule has 1 aromatic carbocycles. The molecule has 1 aliphatic rings. The van der Waals surface area contributed by atoms with E-state index in [0.717, 1.165) is 11.3 Å². The summed E-state index contributed by atoms with van der Waals surface area (Å²) in [5.41, 5.74) is 0.593. The summed E-state index contributed by atoms with van der Waals surface area (Å²) in [6.45, 7) is 2.05. The van der Waals surface area contributed by atoms with Gasteiger partial charge in [0, 0.05) is 16.7 Å². The summed E-state index contributed by atoms with van der Waals surface area (Å²) < 4.78 is 0. The van der Waals surface area contributed by atoms with Crippen molar-refractivity contribution < 1.29 is 4.79 Å². The molecule has 1 heterocycles. The maximum Gasteiger partial charge on any atom is 0.279 e. The molecule has 0 fully saturated rings. The molecule has 0 bridgehead atoms. The van der Waals surface area contributed by atoms with E-state index in [4.69, 9.17) is 0 Å². The molecule has 0 aliphatic carbocycles. The van der Waals surface area contributed by atoms with Crippen molar-refractivity contribution in [1.82, 2.24) is 5.32 Å². The molecule has 0 unspecified atom stereocenters. The lowest BCUT2D eigenvalue weighted by Gasteiger charge is -1.96. The van der Waals surface area contributed by atoms with Crippen LogP contribution in [0.1, 0.15) is 23.7 Å². The highest BCUT2D eigenvalue weighted by molar-refractivity contribution is 8.17. The van der Waals surface area contributed by atoms with Crippen molar-refractivity contribution in [3.05, 3.63) is 47.0 Å². The zero-order valence-corrected chi connectivity index (χ0v) is 9.70. The number of hydrogen-bond donors (Lipinski definition) is 0. The van der Waals surface area contributed by atoms with Gasteiger partial charge in [0.15, 0.2) is 5.17 Å². The van der Waals surface area contributed by atoms with Crippen LogP contribution < -0.4 is 5.32 Å². The van der Waals surface area contributed by atoms with Crippen LogP contribution in [0.3, 0.4) is 0 Å². The molecule has 1 amide bonds. The number of aliphatic imine (C=N–C) groups is 1. The van der Waals surface area contributed by atoms with Gasteiger partial charge in [0.1, 0.15) is 0 Å². The van der Waals surface area contributed by atoms with Crippen molar-refractivity contribution in [2.24, 2.45) is 4.99 Å². The fraction of sp³-hybridized carbons (Fsp3) is 0.167. The minimum Gasteiger partial charge on any atom is -0.267 e. The lowest BCUT2D eigenvalue weighted by Crippen LogP contribution is -2.04. The largest absolute Gasteiger partial charge is 0.279 e. The van der Waals surface area contributed by atoms with Crippen LogP contribution in [-0.4, -0.2) is 11.1 Å². The smallest absolute Gasteiger partial charge is 0.267 e. The van der Waals surface area contributed by atoms with E-state index in [0.29, 0.717) is 10.7 Å². The van der Waals surface area contributed by atoms with Gasteiger partial charge in [-0.25, -0.2) is 5.32 Å². The Hall–Kier alpha value is -1.55. The maximum atomic E-state index is 11.7. The highest BCUT2D eigenvalue weighted by Crippen LogP contribution is 2.25. The van der Waals surface area contributed by atoms with Gasteiger partial charge in [-0.15, -0.1) is 0 Å². The van der Waals surface area contributed by atoms with Crippen LogP contribution in [0.15, 0.2) is 46.4 Å². The molecule has 3 nitrogen and oxygen atoms in total. The standard InChI is InChI=1S/C12H11N2OS/c1-2-10-8-13-12(16-10)14-11(15)9-6-4-3-5-7-9/h3-8H,2H2,1H3. The summed E-state index contributed by atoms with van der Waals surface area (Å²) in [6, 6.07) is 9.01. The third kappa shape index (κ3) is 2.52. The van der Waals surface area contributed by atoms with Crippen LogP contribution in [-0.2, 0) is 0 Å². The lowest BCUT2D eigenvalue weighted by atomic mass is 10.2. The first kappa shape index (κ1) is 11.0. The average molecular weight is 231 g/mol. The Kier molecular flexibility index (Phi) is 3.41. The zero-order chi connectivity index (χ0) is 11.4. The van der Waals surface area contributed by atoms with Gasteiger partial charge in [0.2, 0.25) is 0 Å². The third-order valence-electron chi connectivity index (χ3n) is 2.11. The zero-order valence-electron chi connectivity index (χ0n) is 8.88. The molecule has 1 aliphatic heterocycles. The van der Waals surface area contributed by atoms with E-state index in [2.05, 4.69) is 17.2 Å². The summed E-state index contributed by atoms with van der Waals surface area (Å²) in [5.74, 6) is -0.238. The number of thioether (sulfide) groups is 1. The summed E-state index contributed by atoms with van der Waals surface area (Å²) in [7, 11) is 0. The predicted octanol–water partition coefficient (Wildman–Crippen LogP) is 2.79. The van der Waals surface area contributed by atoms with E-state index in [1.165, 1.54) is 11.8 Å². The number of benzene rings is 1. The lowest BCUT2D eigenvalue weighted by molar-refractivity contribution is 0.100. The SMILES string of the molecule is CCC1=C[N]C(=NC(=O)c2ccccc2)S1. The Balaban J connectivity index is 2.07.